The third kappa shape index (κ3) is 4.57. The number of amides is 2. The lowest BCUT2D eigenvalue weighted by Gasteiger charge is -2.37. The minimum absolute atomic E-state index is 0.0736. The van der Waals surface area contributed by atoms with E-state index in [1.807, 2.05) is 35.2 Å². The van der Waals surface area contributed by atoms with Crippen LogP contribution in [0.2, 0.25) is 0 Å². The molecule has 2 amide bonds. The summed E-state index contributed by atoms with van der Waals surface area (Å²) in [5.41, 5.74) is 0.156. The summed E-state index contributed by atoms with van der Waals surface area (Å²) >= 11 is 0. The smallest absolute Gasteiger partial charge is 0.237 e. The van der Waals surface area contributed by atoms with Gasteiger partial charge in [-0.15, -0.1) is 0 Å². The topological polar surface area (TPSA) is 52.7 Å². The molecule has 2 rings (SSSR count). The van der Waals surface area contributed by atoms with Crippen LogP contribution >= 0.6 is 0 Å². The van der Waals surface area contributed by atoms with Crippen LogP contribution in [0.4, 0.5) is 0 Å². The van der Waals surface area contributed by atoms with Gasteiger partial charge in [-0.1, -0.05) is 37.3 Å². The van der Waals surface area contributed by atoms with Crippen molar-refractivity contribution in [3.63, 3.8) is 0 Å². The monoisotopic (exact) mass is 331 g/mol. The third-order valence-electron chi connectivity index (χ3n) is 4.75. The molecule has 1 aromatic carbocycles. The molecule has 5 heteroatoms. The maximum absolute atomic E-state index is 12.7. The first-order chi connectivity index (χ1) is 11.4. The van der Waals surface area contributed by atoms with Gasteiger partial charge in [-0.2, -0.15) is 0 Å². The summed E-state index contributed by atoms with van der Waals surface area (Å²) in [4.78, 5) is 29.4. The van der Waals surface area contributed by atoms with Crippen molar-refractivity contribution in [1.29, 1.82) is 0 Å². The van der Waals surface area contributed by atoms with E-state index in [9.17, 15) is 9.59 Å². The van der Waals surface area contributed by atoms with Crippen molar-refractivity contribution in [3.05, 3.63) is 35.9 Å². The first-order valence-electron chi connectivity index (χ1n) is 8.79. The zero-order chi connectivity index (χ0) is 17.6. The predicted octanol–water partition coefficient (Wildman–Crippen LogP) is 1.54. The minimum Gasteiger partial charge on any atom is -0.355 e. The summed E-state index contributed by atoms with van der Waals surface area (Å²) in [5.74, 6) is -0.267. The molecule has 1 aromatic rings. The van der Waals surface area contributed by atoms with Crippen molar-refractivity contribution in [2.24, 2.45) is 5.41 Å². The molecule has 1 aliphatic heterocycles. The molecule has 1 heterocycles. The average Bonchev–Trinajstić information content (AvgIpc) is 2.62. The fourth-order valence-electron chi connectivity index (χ4n) is 2.95. The zero-order valence-electron chi connectivity index (χ0n) is 15.0. The first-order valence-corrected chi connectivity index (χ1v) is 8.79. The maximum Gasteiger partial charge on any atom is 0.237 e. The van der Waals surface area contributed by atoms with Crippen molar-refractivity contribution in [2.75, 3.05) is 39.3 Å². The fraction of sp³-hybridized carbons (Fsp3) is 0.579. The van der Waals surface area contributed by atoms with E-state index in [4.69, 9.17) is 0 Å². The van der Waals surface area contributed by atoms with E-state index in [0.717, 1.165) is 26.1 Å². The Morgan fingerprint density at radius 2 is 1.71 bits per heavy atom. The third-order valence-corrected chi connectivity index (χ3v) is 4.75. The summed E-state index contributed by atoms with van der Waals surface area (Å²) in [5, 5.41) is 2.91. The van der Waals surface area contributed by atoms with E-state index in [1.54, 1.807) is 13.8 Å². The van der Waals surface area contributed by atoms with Crippen molar-refractivity contribution in [1.82, 2.24) is 15.1 Å². The molecule has 0 aromatic heterocycles. The first kappa shape index (κ1) is 18.5. The molecule has 0 saturated carbocycles. The Morgan fingerprint density at radius 1 is 1.08 bits per heavy atom. The number of nitrogens with one attached hydrogen (secondary N) is 1. The molecule has 0 spiro atoms. The van der Waals surface area contributed by atoms with E-state index in [-0.39, 0.29) is 11.8 Å². The van der Waals surface area contributed by atoms with Gasteiger partial charge in [0.15, 0.2) is 0 Å². The van der Waals surface area contributed by atoms with Crippen LogP contribution in [0.1, 0.15) is 26.3 Å². The summed E-state index contributed by atoms with van der Waals surface area (Å²) in [6.07, 6.45) is 0.770. The second-order valence-corrected chi connectivity index (χ2v) is 6.84. The van der Waals surface area contributed by atoms with E-state index in [0.29, 0.717) is 19.6 Å². The molecule has 0 radical (unpaired) electrons. The Morgan fingerprint density at radius 3 is 2.29 bits per heavy atom. The van der Waals surface area contributed by atoms with Crippen molar-refractivity contribution >= 4 is 11.8 Å². The van der Waals surface area contributed by atoms with Gasteiger partial charge in [-0.25, -0.2) is 0 Å². The Hall–Kier alpha value is -1.88. The molecule has 1 N–H and O–H groups in total. The molecule has 0 aliphatic carbocycles. The van der Waals surface area contributed by atoms with Crippen molar-refractivity contribution in [3.8, 4) is 0 Å². The van der Waals surface area contributed by atoms with Gasteiger partial charge in [0.25, 0.3) is 0 Å². The van der Waals surface area contributed by atoms with Gasteiger partial charge in [0.05, 0.1) is 0 Å². The zero-order valence-corrected chi connectivity index (χ0v) is 15.0. The van der Waals surface area contributed by atoms with E-state index in [1.165, 1.54) is 5.56 Å². The fourth-order valence-corrected chi connectivity index (χ4v) is 2.95. The highest BCUT2D eigenvalue weighted by Crippen LogP contribution is 2.20. The van der Waals surface area contributed by atoms with Gasteiger partial charge in [0.1, 0.15) is 5.41 Å². The molecule has 132 valence electrons. The number of nitrogens with zero attached hydrogens (tertiary/aromatic N) is 2. The second kappa shape index (κ2) is 8.29. The van der Waals surface area contributed by atoms with Crippen LogP contribution in [0.5, 0.6) is 0 Å². The maximum atomic E-state index is 12.7. The molecule has 5 nitrogen and oxygen atoms in total. The van der Waals surface area contributed by atoms with E-state index in [2.05, 4.69) is 17.1 Å². The quantitative estimate of drug-likeness (QED) is 0.805. The van der Waals surface area contributed by atoms with Crippen molar-refractivity contribution < 1.29 is 9.59 Å². The Bertz CT molecular complexity index is 549. The number of carbonyl (C=O) groups is 2. The number of likely N-dealkylation sites (N-methyl/N-ethyl adjacent to an activating group) is 1. The van der Waals surface area contributed by atoms with E-state index >= 15 is 0 Å². The van der Waals surface area contributed by atoms with Gasteiger partial charge in [-0.3, -0.25) is 9.59 Å². The molecule has 1 aliphatic rings. The number of carbonyl (C=O) groups excluding carboxylic acids is 2. The van der Waals surface area contributed by atoms with Crippen molar-refractivity contribution in [2.45, 2.75) is 27.2 Å². The molecule has 1 fully saturated rings. The van der Waals surface area contributed by atoms with Crippen LogP contribution in [0, 0.1) is 5.41 Å². The van der Waals surface area contributed by atoms with Crippen LogP contribution < -0.4 is 5.32 Å². The largest absolute Gasteiger partial charge is 0.355 e. The summed E-state index contributed by atoms with van der Waals surface area (Å²) in [7, 11) is 0. The number of hydrogen-bond acceptors (Lipinski definition) is 3. The standard InChI is InChI=1S/C19H29N3O2/c1-4-21-12-14-22(15-13-21)18(24)19(2,3)17(23)20-11-10-16-8-6-5-7-9-16/h5-9H,4,10-15H2,1-3H3,(H,20,23). The lowest BCUT2D eigenvalue weighted by atomic mass is 9.90. The average molecular weight is 331 g/mol. The van der Waals surface area contributed by atoms with Crippen LogP contribution in [0.15, 0.2) is 30.3 Å². The minimum atomic E-state index is -1.02. The lowest BCUT2D eigenvalue weighted by Crippen LogP contribution is -2.55. The molecule has 24 heavy (non-hydrogen) atoms. The number of benzene rings is 1. The molecule has 1 saturated heterocycles. The number of rotatable bonds is 6. The summed E-state index contributed by atoms with van der Waals surface area (Å²) in [6, 6.07) is 10.0. The Labute approximate surface area is 145 Å². The van der Waals surface area contributed by atoms with Gasteiger partial charge in [0.2, 0.25) is 11.8 Å². The molecular formula is C19H29N3O2. The van der Waals surface area contributed by atoms with Gasteiger partial charge in [-0.05, 0) is 32.4 Å². The van der Waals surface area contributed by atoms with Gasteiger partial charge < -0.3 is 15.1 Å². The van der Waals surface area contributed by atoms with Crippen LogP contribution in [0.25, 0.3) is 0 Å². The van der Waals surface area contributed by atoms with Crippen LogP contribution in [-0.2, 0) is 16.0 Å². The summed E-state index contributed by atoms with van der Waals surface area (Å²) in [6.45, 7) is 10.3. The lowest BCUT2D eigenvalue weighted by molar-refractivity contribution is -0.149. The molecular weight excluding hydrogens is 302 g/mol. The Balaban J connectivity index is 1.84. The normalized spacial score (nSPS) is 16.0. The second-order valence-electron chi connectivity index (χ2n) is 6.84. The molecule has 0 atom stereocenters. The summed E-state index contributed by atoms with van der Waals surface area (Å²) < 4.78 is 0. The Kier molecular flexibility index (Phi) is 6.37. The molecule has 0 bridgehead atoms. The van der Waals surface area contributed by atoms with Crippen LogP contribution in [0.3, 0.4) is 0 Å². The highest BCUT2D eigenvalue weighted by atomic mass is 16.2. The molecule has 0 unspecified atom stereocenters. The predicted molar refractivity (Wildman–Crippen MR) is 95.6 cm³/mol. The highest BCUT2D eigenvalue weighted by molar-refractivity contribution is 6.04. The van der Waals surface area contributed by atoms with Gasteiger partial charge in [0, 0.05) is 32.7 Å². The highest BCUT2D eigenvalue weighted by Gasteiger charge is 2.39. The SMILES string of the molecule is CCN1CCN(C(=O)C(C)(C)C(=O)NCCc2ccccc2)CC1. The van der Waals surface area contributed by atoms with Gasteiger partial charge >= 0.3 is 0 Å². The van der Waals surface area contributed by atoms with Crippen LogP contribution in [-0.4, -0.2) is 60.9 Å². The number of piperazine rings is 1. The van der Waals surface area contributed by atoms with E-state index < -0.39 is 5.41 Å². The number of hydrogen-bond donors (Lipinski definition) is 1.